The van der Waals surface area contributed by atoms with Gasteiger partial charge in [0.25, 0.3) is 0 Å². The van der Waals surface area contributed by atoms with Crippen molar-refractivity contribution >= 4 is 0 Å². The minimum absolute atomic E-state index is 0.223. The summed E-state index contributed by atoms with van der Waals surface area (Å²) in [4.78, 5) is 0. The van der Waals surface area contributed by atoms with Crippen LogP contribution in [0.5, 0.6) is 0 Å². The van der Waals surface area contributed by atoms with Crippen LogP contribution in [0.15, 0.2) is 42.5 Å². The molecule has 0 saturated carbocycles. The Morgan fingerprint density at radius 3 is 2.73 bits per heavy atom. The smallest absolute Gasteiger partial charge is 0.112 e. The summed E-state index contributed by atoms with van der Waals surface area (Å²) in [6, 6.07) is 10.2. The number of rotatable bonds is 5. The topological polar surface area (TPSA) is 21.8 Å². The lowest BCUT2D eigenvalue weighted by atomic mass is 10.2. The highest BCUT2D eigenvalue weighted by Gasteiger charge is 2.39. The monoisotopic (exact) mass is 204 g/mol. The largest absolute Gasteiger partial charge is 0.374 e. The molecular formula is C13H16O2. The Morgan fingerprint density at radius 1 is 1.40 bits per heavy atom. The van der Waals surface area contributed by atoms with E-state index in [0.717, 1.165) is 5.57 Å². The van der Waals surface area contributed by atoms with Crippen molar-refractivity contribution in [3.05, 3.63) is 48.0 Å². The van der Waals surface area contributed by atoms with Crippen molar-refractivity contribution in [1.29, 1.82) is 0 Å². The fourth-order valence-corrected chi connectivity index (χ4v) is 1.57. The molecule has 2 nitrogen and oxygen atoms in total. The summed E-state index contributed by atoms with van der Waals surface area (Å²) >= 11 is 0. The number of ether oxygens (including phenoxy) is 2. The molecule has 1 aliphatic rings. The van der Waals surface area contributed by atoms with E-state index in [1.807, 2.05) is 25.1 Å². The molecular weight excluding hydrogens is 188 g/mol. The minimum Gasteiger partial charge on any atom is -0.374 e. The minimum atomic E-state index is 0.223. The van der Waals surface area contributed by atoms with Crippen molar-refractivity contribution in [2.24, 2.45) is 0 Å². The van der Waals surface area contributed by atoms with E-state index in [4.69, 9.17) is 9.47 Å². The Bertz CT molecular complexity index is 332. The van der Waals surface area contributed by atoms with Crippen LogP contribution in [0.4, 0.5) is 0 Å². The van der Waals surface area contributed by atoms with Gasteiger partial charge in [-0.2, -0.15) is 0 Å². The van der Waals surface area contributed by atoms with Crippen LogP contribution in [0.1, 0.15) is 12.5 Å². The fourth-order valence-electron chi connectivity index (χ4n) is 1.57. The van der Waals surface area contributed by atoms with Crippen molar-refractivity contribution in [2.45, 2.75) is 25.7 Å². The fraction of sp³-hybridized carbons (Fsp3) is 0.385. The summed E-state index contributed by atoms with van der Waals surface area (Å²) in [6.07, 6.45) is 0.451. The SMILES string of the molecule is C=C(C)C1OC1COCc1ccccc1. The first-order chi connectivity index (χ1) is 7.27. The van der Waals surface area contributed by atoms with Gasteiger partial charge < -0.3 is 9.47 Å². The molecule has 0 spiro atoms. The van der Waals surface area contributed by atoms with E-state index < -0.39 is 0 Å². The second kappa shape index (κ2) is 4.60. The van der Waals surface area contributed by atoms with Gasteiger partial charge in [-0.25, -0.2) is 0 Å². The average molecular weight is 204 g/mol. The maximum absolute atomic E-state index is 5.56. The van der Waals surface area contributed by atoms with Gasteiger partial charge in [0.15, 0.2) is 0 Å². The van der Waals surface area contributed by atoms with Crippen LogP contribution < -0.4 is 0 Å². The van der Waals surface area contributed by atoms with Crippen LogP contribution in [0.3, 0.4) is 0 Å². The maximum Gasteiger partial charge on any atom is 0.112 e. The van der Waals surface area contributed by atoms with E-state index in [1.165, 1.54) is 5.56 Å². The van der Waals surface area contributed by atoms with E-state index in [9.17, 15) is 0 Å². The van der Waals surface area contributed by atoms with Crippen molar-refractivity contribution in [3.8, 4) is 0 Å². The number of epoxide rings is 1. The predicted octanol–water partition coefficient (Wildman–Crippen LogP) is 2.55. The van der Waals surface area contributed by atoms with E-state index >= 15 is 0 Å². The van der Waals surface area contributed by atoms with Gasteiger partial charge in [0.05, 0.1) is 13.2 Å². The summed E-state index contributed by atoms with van der Waals surface area (Å²) in [5.74, 6) is 0. The van der Waals surface area contributed by atoms with Gasteiger partial charge >= 0.3 is 0 Å². The van der Waals surface area contributed by atoms with Gasteiger partial charge in [0.2, 0.25) is 0 Å². The van der Waals surface area contributed by atoms with Gasteiger partial charge in [-0.15, -0.1) is 0 Å². The van der Waals surface area contributed by atoms with Crippen LogP contribution in [0.25, 0.3) is 0 Å². The standard InChI is InChI=1S/C13H16O2/c1-10(2)13-12(15-13)9-14-8-11-6-4-3-5-7-11/h3-7,12-13H,1,8-9H2,2H3. The molecule has 0 N–H and O–H groups in total. The molecule has 0 aliphatic carbocycles. The van der Waals surface area contributed by atoms with Gasteiger partial charge in [-0.1, -0.05) is 36.9 Å². The molecule has 0 amide bonds. The Balaban J connectivity index is 1.67. The molecule has 80 valence electrons. The van der Waals surface area contributed by atoms with E-state index in [0.29, 0.717) is 13.2 Å². The first kappa shape index (κ1) is 10.4. The average Bonchev–Trinajstić information content (AvgIpc) is 2.99. The van der Waals surface area contributed by atoms with Crippen molar-refractivity contribution in [3.63, 3.8) is 0 Å². The Morgan fingerprint density at radius 2 is 2.13 bits per heavy atom. The zero-order valence-corrected chi connectivity index (χ0v) is 8.98. The molecule has 0 aromatic heterocycles. The van der Waals surface area contributed by atoms with E-state index in [2.05, 4.69) is 18.7 Å². The third-order valence-corrected chi connectivity index (χ3v) is 2.46. The van der Waals surface area contributed by atoms with Crippen LogP contribution in [-0.4, -0.2) is 18.8 Å². The van der Waals surface area contributed by atoms with Crippen LogP contribution in [0, 0.1) is 0 Å². The molecule has 0 radical (unpaired) electrons. The quantitative estimate of drug-likeness (QED) is 0.543. The highest BCUT2D eigenvalue weighted by atomic mass is 16.6. The van der Waals surface area contributed by atoms with Crippen molar-refractivity contribution in [2.75, 3.05) is 6.61 Å². The molecule has 1 heterocycles. The normalized spacial score (nSPS) is 23.8. The van der Waals surface area contributed by atoms with Crippen LogP contribution in [-0.2, 0) is 16.1 Å². The lowest BCUT2D eigenvalue weighted by molar-refractivity contribution is 0.104. The summed E-state index contributed by atoms with van der Waals surface area (Å²) in [5, 5.41) is 0. The molecule has 2 rings (SSSR count). The summed E-state index contributed by atoms with van der Waals surface area (Å²) in [7, 11) is 0. The van der Waals surface area contributed by atoms with Gasteiger partial charge in [0, 0.05) is 0 Å². The molecule has 2 heteroatoms. The van der Waals surface area contributed by atoms with Crippen molar-refractivity contribution in [1.82, 2.24) is 0 Å². The lowest BCUT2D eigenvalue weighted by Gasteiger charge is -2.01. The molecule has 1 saturated heterocycles. The Kier molecular flexibility index (Phi) is 3.19. The predicted molar refractivity (Wildman–Crippen MR) is 59.6 cm³/mol. The molecule has 15 heavy (non-hydrogen) atoms. The lowest BCUT2D eigenvalue weighted by Crippen LogP contribution is -2.05. The second-order valence-electron chi connectivity index (χ2n) is 3.94. The first-order valence-electron chi connectivity index (χ1n) is 5.20. The maximum atomic E-state index is 5.56. The molecule has 2 unspecified atom stereocenters. The van der Waals surface area contributed by atoms with Crippen LogP contribution in [0.2, 0.25) is 0 Å². The zero-order chi connectivity index (χ0) is 10.7. The summed E-state index contributed by atoms with van der Waals surface area (Å²) in [5.41, 5.74) is 2.29. The number of benzene rings is 1. The first-order valence-corrected chi connectivity index (χ1v) is 5.20. The van der Waals surface area contributed by atoms with E-state index in [1.54, 1.807) is 0 Å². The molecule has 1 aromatic rings. The summed E-state index contributed by atoms with van der Waals surface area (Å²) < 4.78 is 10.9. The van der Waals surface area contributed by atoms with E-state index in [-0.39, 0.29) is 12.2 Å². The number of hydrogen-bond donors (Lipinski definition) is 0. The third kappa shape index (κ3) is 2.91. The van der Waals surface area contributed by atoms with Gasteiger partial charge in [0.1, 0.15) is 12.2 Å². The molecule has 1 aromatic carbocycles. The highest BCUT2D eigenvalue weighted by molar-refractivity contribution is 5.13. The summed E-state index contributed by atoms with van der Waals surface area (Å²) in [6.45, 7) is 7.16. The number of hydrogen-bond acceptors (Lipinski definition) is 2. The molecule has 1 fully saturated rings. The Labute approximate surface area is 90.5 Å². The second-order valence-corrected chi connectivity index (χ2v) is 3.94. The zero-order valence-electron chi connectivity index (χ0n) is 8.98. The van der Waals surface area contributed by atoms with Crippen molar-refractivity contribution < 1.29 is 9.47 Å². The molecule has 0 bridgehead atoms. The Hall–Kier alpha value is -1.12. The van der Waals surface area contributed by atoms with Gasteiger partial charge in [-0.3, -0.25) is 0 Å². The van der Waals surface area contributed by atoms with Gasteiger partial charge in [-0.05, 0) is 18.1 Å². The molecule has 2 atom stereocenters. The highest BCUT2D eigenvalue weighted by Crippen LogP contribution is 2.28. The third-order valence-electron chi connectivity index (χ3n) is 2.46. The molecule has 1 aliphatic heterocycles. The van der Waals surface area contributed by atoms with Crippen LogP contribution >= 0.6 is 0 Å².